The molecule has 3 heterocycles. The minimum absolute atomic E-state index is 0.0575. The van der Waals surface area contributed by atoms with E-state index in [4.69, 9.17) is 9.47 Å². The molecule has 2 aromatic rings. The molecule has 0 aliphatic carbocycles. The molecule has 7 heteroatoms. The maximum atomic E-state index is 12.9. The maximum absolute atomic E-state index is 12.9. The first kappa shape index (κ1) is 18.8. The zero-order valence-electron chi connectivity index (χ0n) is 17.0. The van der Waals surface area contributed by atoms with Gasteiger partial charge >= 0.3 is 0 Å². The molecule has 0 aromatic heterocycles. The zero-order chi connectivity index (χ0) is 20.7. The van der Waals surface area contributed by atoms with Crippen LogP contribution in [0.15, 0.2) is 36.4 Å². The Hall–Kier alpha value is -3.22. The number of rotatable bonds is 4. The molecule has 3 aliphatic heterocycles. The van der Waals surface area contributed by atoms with Crippen molar-refractivity contribution in [2.75, 3.05) is 48.0 Å². The van der Waals surface area contributed by atoms with Gasteiger partial charge in [-0.15, -0.1) is 0 Å². The molecular weight excluding hydrogens is 382 g/mol. The van der Waals surface area contributed by atoms with Gasteiger partial charge in [0.2, 0.25) is 11.8 Å². The lowest BCUT2D eigenvalue weighted by Crippen LogP contribution is -2.28. The Balaban J connectivity index is 1.28. The predicted octanol–water partition coefficient (Wildman–Crippen LogP) is 2.83. The molecular formula is C23H25N3O4. The molecule has 0 radical (unpaired) electrons. The monoisotopic (exact) mass is 407 g/mol. The van der Waals surface area contributed by atoms with Gasteiger partial charge in [-0.25, -0.2) is 0 Å². The minimum atomic E-state index is -0.388. The van der Waals surface area contributed by atoms with Gasteiger partial charge in [0.05, 0.1) is 5.92 Å². The highest BCUT2D eigenvalue weighted by Gasteiger charge is 2.35. The van der Waals surface area contributed by atoms with Gasteiger partial charge in [0.25, 0.3) is 0 Å². The number of carbonyl (C=O) groups excluding carboxylic acids is 2. The van der Waals surface area contributed by atoms with Crippen molar-refractivity contribution in [3.63, 3.8) is 0 Å². The van der Waals surface area contributed by atoms with Crippen LogP contribution in [-0.4, -0.2) is 44.7 Å². The summed E-state index contributed by atoms with van der Waals surface area (Å²) in [4.78, 5) is 29.5. The molecule has 30 heavy (non-hydrogen) atoms. The number of fused-ring (bicyclic) bond motifs is 2. The molecule has 0 bridgehead atoms. The third kappa shape index (κ3) is 3.34. The second-order valence-electron chi connectivity index (χ2n) is 7.90. The van der Waals surface area contributed by atoms with Gasteiger partial charge in [-0.3, -0.25) is 9.59 Å². The van der Waals surface area contributed by atoms with E-state index in [1.54, 1.807) is 4.90 Å². The molecule has 3 aliphatic rings. The SMILES string of the molecule is CCN1CCc2ccc(NC(=O)C3CC(=O)N(c4ccc5c(c4)OCCO5)C3)cc21. The fourth-order valence-electron chi connectivity index (χ4n) is 4.43. The van der Waals surface area contributed by atoms with Crippen molar-refractivity contribution in [3.05, 3.63) is 42.0 Å². The van der Waals surface area contributed by atoms with Crippen LogP contribution in [0.1, 0.15) is 18.9 Å². The number of hydrogen-bond acceptors (Lipinski definition) is 5. The van der Waals surface area contributed by atoms with Crippen molar-refractivity contribution in [2.45, 2.75) is 19.8 Å². The average molecular weight is 407 g/mol. The zero-order valence-corrected chi connectivity index (χ0v) is 17.0. The van der Waals surface area contributed by atoms with Crippen LogP contribution < -0.4 is 24.6 Å². The molecule has 0 saturated carbocycles. The summed E-state index contributed by atoms with van der Waals surface area (Å²) in [6.45, 7) is 5.48. The van der Waals surface area contributed by atoms with Crippen molar-refractivity contribution in [3.8, 4) is 11.5 Å². The number of benzene rings is 2. The molecule has 2 aromatic carbocycles. The Kier molecular flexibility index (Phi) is 4.73. The molecule has 7 nitrogen and oxygen atoms in total. The molecule has 1 saturated heterocycles. The smallest absolute Gasteiger partial charge is 0.229 e. The first-order valence-corrected chi connectivity index (χ1v) is 10.5. The number of likely N-dealkylation sites (N-methyl/N-ethyl adjacent to an activating group) is 1. The second kappa shape index (κ2) is 7.55. The lowest BCUT2D eigenvalue weighted by Gasteiger charge is -2.22. The van der Waals surface area contributed by atoms with Gasteiger partial charge < -0.3 is 24.6 Å². The minimum Gasteiger partial charge on any atom is -0.486 e. The fourth-order valence-corrected chi connectivity index (χ4v) is 4.43. The molecule has 1 N–H and O–H groups in total. The van der Waals surface area contributed by atoms with Crippen LogP contribution in [0.4, 0.5) is 17.1 Å². The summed E-state index contributed by atoms with van der Waals surface area (Å²) in [5.41, 5.74) is 4.02. The van der Waals surface area contributed by atoms with Crippen molar-refractivity contribution >= 4 is 28.9 Å². The van der Waals surface area contributed by atoms with Crippen LogP contribution in [0, 0.1) is 5.92 Å². The van der Waals surface area contributed by atoms with Crippen molar-refractivity contribution in [1.29, 1.82) is 0 Å². The number of nitrogens with zero attached hydrogens (tertiary/aromatic N) is 2. The van der Waals surface area contributed by atoms with Crippen LogP contribution in [0.25, 0.3) is 0 Å². The first-order chi connectivity index (χ1) is 14.6. The van der Waals surface area contributed by atoms with Crippen LogP contribution in [0.3, 0.4) is 0 Å². The summed E-state index contributed by atoms with van der Waals surface area (Å²) in [6, 6.07) is 11.5. The largest absolute Gasteiger partial charge is 0.486 e. The predicted molar refractivity (Wildman–Crippen MR) is 115 cm³/mol. The molecule has 1 fully saturated rings. The fraction of sp³-hybridized carbons (Fsp3) is 0.391. The Morgan fingerprint density at radius 1 is 1.13 bits per heavy atom. The number of anilines is 3. The first-order valence-electron chi connectivity index (χ1n) is 10.5. The summed E-state index contributed by atoms with van der Waals surface area (Å²) in [5.74, 6) is 0.755. The van der Waals surface area contributed by atoms with E-state index in [1.165, 1.54) is 11.3 Å². The van der Waals surface area contributed by atoms with Crippen LogP contribution >= 0.6 is 0 Å². The highest BCUT2D eigenvalue weighted by atomic mass is 16.6. The summed E-state index contributed by atoms with van der Waals surface area (Å²) >= 11 is 0. The highest BCUT2D eigenvalue weighted by molar-refractivity contribution is 6.03. The summed E-state index contributed by atoms with van der Waals surface area (Å²) < 4.78 is 11.2. The van der Waals surface area contributed by atoms with E-state index in [0.717, 1.165) is 30.9 Å². The summed E-state index contributed by atoms with van der Waals surface area (Å²) in [7, 11) is 0. The van der Waals surface area contributed by atoms with Gasteiger partial charge in [-0.2, -0.15) is 0 Å². The molecule has 5 rings (SSSR count). The van der Waals surface area contributed by atoms with Crippen LogP contribution in [0.5, 0.6) is 11.5 Å². The molecule has 0 spiro atoms. The Morgan fingerprint density at radius 2 is 1.97 bits per heavy atom. The summed E-state index contributed by atoms with van der Waals surface area (Å²) in [6.07, 6.45) is 1.24. The molecule has 2 amide bonds. The quantitative estimate of drug-likeness (QED) is 0.844. The van der Waals surface area contributed by atoms with E-state index in [2.05, 4.69) is 23.2 Å². The molecule has 156 valence electrons. The number of amides is 2. The van der Waals surface area contributed by atoms with Crippen LogP contribution in [0.2, 0.25) is 0 Å². The number of hydrogen-bond donors (Lipinski definition) is 1. The number of nitrogens with one attached hydrogen (secondary N) is 1. The highest BCUT2D eigenvalue weighted by Crippen LogP contribution is 2.36. The number of ether oxygens (including phenoxy) is 2. The third-order valence-electron chi connectivity index (χ3n) is 6.06. The van der Waals surface area contributed by atoms with E-state index in [-0.39, 0.29) is 24.2 Å². The van der Waals surface area contributed by atoms with E-state index >= 15 is 0 Å². The normalized spacial score (nSPS) is 19.8. The molecule has 1 atom stereocenters. The lowest BCUT2D eigenvalue weighted by molar-refractivity contribution is -0.122. The standard InChI is InChI=1S/C23H25N3O4/c1-2-25-8-7-15-3-4-17(12-19(15)25)24-23(28)16-11-22(27)26(14-16)18-5-6-20-21(13-18)30-10-9-29-20/h3-6,12-13,16H,2,7-11,14H2,1H3,(H,24,28). The second-order valence-corrected chi connectivity index (χ2v) is 7.90. The van der Waals surface area contributed by atoms with E-state index in [9.17, 15) is 9.59 Å². The Labute approximate surface area is 175 Å². The maximum Gasteiger partial charge on any atom is 0.229 e. The van der Waals surface area contributed by atoms with Crippen LogP contribution in [-0.2, 0) is 16.0 Å². The molecule has 1 unspecified atom stereocenters. The van der Waals surface area contributed by atoms with Gasteiger partial charge in [0, 0.05) is 49.2 Å². The Bertz CT molecular complexity index is 1010. The van der Waals surface area contributed by atoms with E-state index < -0.39 is 0 Å². The van der Waals surface area contributed by atoms with Gasteiger partial charge in [-0.1, -0.05) is 6.07 Å². The van der Waals surface area contributed by atoms with Crippen molar-refractivity contribution in [1.82, 2.24) is 0 Å². The summed E-state index contributed by atoms with van der Waals surface area (Å²) in [5, 5.41) is 3.01. The van der Waals surface area contributed by atoms with Gasteiger partial charge in [-0.05, 0) is 43.2 Å². The number of carbonyl (C=O) groups is 2. The topological polar surface area (TPSA) is 71.1 Å². The average Bonchev–Trinajstić information content (AvgIpc) is 3.36. The van der Waals surface area contributed by atoms with Crippen molar-refractivity contribution < 1.29 is 19.1 Å². The van der Waals surface area contributed by atoms with E-state index in [1.807, 2.05) is 30.3 Å². The lowest BCUT2D eigenvalue weighted by atomic mass is 10.1. The van der Waals surface area contributed by atoms with Gasteiger partial charge in [0.1, 0.15) is 13.2 Å². The van der Waals surface area contributed by atoms with E-state index in [0.29, 0.717) is 31.3 Å². The Morgan fingerprint density at radius 3 is 2.80 bits per heavy atom. The third-order valence-corrected chi connectivity index (χ3v) is 6.06. The van der Waals surface area contributed by atoms with Gasteiger partial charge in [0.15, 0.2) is 11.5 Å². The van der Waals surface area contributed by atoms with Crippen molar-refractivity contribution in [2.24, 2.45) is 5.92 Å².